The smallest absolute Gasteiger partial charge is 0.322 e. The van der Waals surface area contributed by atoms with Gasteiger partial charge in [0.2, 0.25) is 5.91 Å². The van der Waals surface area contributed by atoms with Crippen LogP contribution in [0.2, 0.25) is 5.02 Å². The Morgan fingerprint density at radius 2 is 2.32 bits per heavy atom. The molecule has 0 bridgehead atoms. The summed E-state index contributed by atoms with van der Waals surface area (Å²) in [6, 6.07) is 4.85. The summed E-state index contributed by atoms with van der Waals surface area (Å²) in [5, 5.41) is 6.48. The molecule has 2 heterocycles. The molecule has 0 radical (unpaired) electrons. The molecule has 2 N–H and O–H groups in total. The van der Waals surface area contributed by atoms with Gasteiger partial charge in [0, 0.05) is 17.3 Å². The lowest BCUT2D eigenvalue weighted by molar-refractivity contribution is -0.142. The second-order valence-corrected chi connectivity index (χ2v) is 5.32. The number of hydrogen-bond donors (Lipinski definition) is 2. The first-order chi connectivity index (χ1) is 9.06. The van der Waals surface area contributed by atoms with Gasteiger partial charge < -0.3 is 15.4 Å². The van der Waals surface area contributed by atoms with Gasteiger partial charge in [-0.2, -0.15) is 0 Å². The number of methoxy groups -OCH3 is 1. The average Bonchev–Trinajstić information content (AvgIpc) is 2.95. The third-order valence-electron chi connectivity index (χ3n) is 3.87. The van der Waals surface area contributed by atoms with E-state index in [4.69, 9.17) is 16.3 Å². The molecule has 1 aromatic carbocycles. The van der Waals surface area contributed by atoms with E-state index in [1.54, 1.807) is 18.2 Å². The van der Waals surface area contributed by atoms with Crippen LogP contribution >= 0.6 is 11.6 Å². The van der Waals surface area contributed by atoms with Gasteiger partial charge in [0.15, 0.2) is 0 Å². The highest BCUT2D eigenvalue weighted by Gasteiger charge is 2.53. The van der Waals surface area contributed by atoms with E-state index in [1.807, 2.05) is 0 Å². The molecule has 2 atom stereocenters. The summed E-state index contributed by atoms with van der Waals surface area (Å²) >= 11 is 6.01. The lowest BCUT2D eigenvalue weighted by Crippen LogP contribution is -2.36. The molecule has 0 aromatic heterocycles. The molecule has 1 aromatic rings. The Kier molecular flexibility index (Phi) is 2.76. The van der Waals surface area contributed by atoms with Crippen LogP contribution in [0.5, 0.6) is 0 Å². The van der Waals surface area contributed by atoms with E-state index in [2.05, 4.69) is 10.6 Å². The maximum absolute atomic E-state index is 12.3. The van der Waals surface area contributed by atoms with Crippen molar-refractivity contribution in [3.8, 4) is 0 Å². The number of anilines is 1. The van der Waals surface area contributed by atoms with E-state index in [9.17, 15) is 9.59 Å². The average molecular weight is 281 g/mol. The molecule has 5 nitrogen and oxygen atoms in total. The predicted molar refractivity (Wildman–Crippen MR) is 70.2 cm³/mol. The van der Waals surface area contributed by atoms with E-state index >= 15 is 0 Å². The monoisotopic (exact) mass is 280 g/mol. The first-order valence-corrected chi connectivity index (χ1v) is 6.37. The van der Waals surface area contributed by atoms with Gasteiger partial charge in [0.05, 0.1) is 12.5 Å². The summed E-state index contributed by atoms with van der Waals surface area (Å²) in [5.41, 5.74) is 0.893. The van der Waals surface area contributed by atoms with Crippen LogP contribution < -0.4 is 10.6 Å². The first-order valence-electron chi connectivity index (χ1n) is 5.99. The molecule has 1 fully saturated rings. The van der Waals surface area contributed by atoms with Crippen molar-refractivity contribution >= 4 is 29.2 Å². The predicted octanol–water partition coefficient (Wildman–Crippen LogP) is 1.06. The van der Waals surface area contributed by atoms with Crippen molar-refractivity contribution in [1.82, 2.24) is 5.32 Å². The number of halogens is 1. The molecule has 1 unspecified atom stereocenters. The second-order valence-electron chi connectivity index (χ2n) is 4.89. The molecule has 0 saturated carbocycles. The van der Waals surface area contributed by atoms with Crippen LogP contribution in [0.3, 0.4) is 0 Å². The normalized spacial score (nSPS) is 28.3. The van der Waals surface area contributed by atoms with Crippen LogP contribution in [0.4, 0.5) is 5.69 Å². The van der Waals surface area contributed by atoms with Crippen molar-refractivity contribution in [3.05, 3.63) is 28.8 Å². The second kappa shape index (κ2) is 4.21. The lowest BCUT2D eigenvalue weighted by atomic mass is 9.79. The van der Waals surface area contributed by atoms with Crippen LogP contribution in [-0.4, -0.2) is 31.6 Å². The topological polar surface area (TPSA) is 67.4 Å². The van der Waals surface area contributed by atoms with E-state index in [1.165, 1.54) is 7.11 Å². The van der Waals surface area contributed by atoms with E-state index in [0.29, 0.717) is 18.0 Å². The maximum atomic E-state index is 12.3. The van der Waals surface area contributed by atoms with Crippen LogP contribution in [0.25, 0.3) is 0 Å². The zero-order valence-corrected chi connectivity index (χ0v) is 11.1. The Bertz CT molecular complexity index is 575. The number of carbonyl (C=O) groups excluding carboxylic acids is 2. The molecular weight excluding hydrogens is 268 g/mol. The third-order valence-corrected chi connectivity index (χ3v) is 4.10. The zero-order chi connectivity index (χ0) is 13.6. The van der Waals surface area contributed by atoms with Crippen LogP contribution in [-0.2, 0) is 19.7 Å². The molecule has 1 spiro atoms. The molecular formula is C13H13ClN2O3. The van der Waals surface area contributed by atoms with Crippen molar-refractivity contribution in [2.45, 2.75) is 17.9 Å². The van der Waals surface area contributed by atoms with Gasteiger partial charge in [-0.15, -0.1) is 0 Å². The van der Waals surface area contributed by atoms with Gasteiger partial charge in [-0.1, -0.05) is 11.6 Å². The van der Waals surface area contributed by atoms with Crippen LogP contribution in [0.15, 0.2) is 18.2 Å². The summed E-state index contributed by atoms with van der Waals surface area (Å²) in [6.07, 6.45) is 0.388. The number of amides is 1. The third kappa shape index (κ3) is 1.73. The van der Waals surface area contributed by atoms with E-state index in [-0.39, 0.29) is 11.9 Å². The van der Waals surface area contributed by atoms with Crippen molar-refractivity contribution in [3.63, 3.8) is 0 Å². The summed E-state index contributed by atoms with van der Waals surface area (Å²) in [6.45, 7) is 0.409. The van der Waals surface area contributed by atoms with Gasteiger partial charge in [-0.05, 0) is 30.2 Å². The number of benzene rings is 1. The lowest BCUT2D eigenvalue weighted by Gasteiger charge is -2.20. The van der Waals surface area contributed by atoms with Crippen molar-refractivity contribution in [2.24, 2.45) is 0 Å². The minimum Gasteiger partial charge on any atom is -0.468 e. The molecule has 1 saturated heterocycles. The Balaban J connectivity index is 2.00. The number of esters is 1. The summed E-state index contributed by atoms with van der Waals surface area (Å²) < 4.78 is 4.72. The molecule has 0 aliphatic carbocycles. The van der Waals surface area contributed by atoms with Crippen molar-refractivity contribution < 1.29 is 14.3 Å². The van der Waals surface area contributed by atoms with Crippen molar-refractivity contribution in [2.75, 3.05) is 19.0 Å². The molecule has 2 aliphatic rings. The summed E-state index contributed by atoms with van der Waals surface area (Å²) in [4.78, 5) is 23.9. The Morgan fingerprint density at radius 1 is 1.53 bits per heavy atom. The quantitative estimate of drug-likeness (QED) is 0.755. The van der Waals surface area contributed by atoms with Crippen molar-refractivity contribution in [1.29, 1.82) is 0 Å². The first kappa shape index (κ1) is 12.4. The summed E-state index contributed by atoms with van der Waals surface area (Å²) in [7, 11) is 1.34. The molecule has 1 amide bonds. The highest BCUT2D eigenvalue weighted by atomic mass is 35.5. The van der Waals surface area contributed by atoms with Gasteiger partial charge in [0.1, 0.15) is 6.04 Å². The molecule has 19 heavy (non-hydrogen) atoms. The Labute approximate surface area is 115 Å². The minimum absolute atomic E-state index is 0.0938. The van der Waals surface area contributed by atoms with Gasteiger partial charge >= 0.3 is 5.97 Å². The molecule has 100 valence electrons. The van der Waals surface area contributed by atoms with Crippen LogP contribution in [0.1, 0.15) is 12.0 Å². The number of nitrogens with one attached hydrogen (secondary N) is 2. The number of carbonyl (C=O) groups is 2. The van der Waals surface area contributed by atoms with E-state index < -0.39 is 11.5 Å². The molecule has 3 rings (SSSR count). The molecule has 6 heteroatoms. The Morgan fingerprint density at radius 3 is 3.05 bits per heavy atom. The highest BCUT2D eigenvalue weighted by molar-refractivity contribution is 6.31. The molecule has 2 aliphatic heterocycles. The van der Waals surface area contributed by atoms with Gasteiger partial charge in [0.25, 0.3) is 0 Å². The maximum Gasteiger partial charge on any atom is 0.322 e. The standard InChI is InChI=1S/C13H13ClN2O3/c1-19-11(17)10-5-13(6-15-10)8-4-7(14)2-3-9(8)16-12(13)18/h2-4,10,15H,5-6H2,1H3,(H,16,18)/t10?,13-/m0/s1. The largest absolute Gasteiger partial charge is 0.468 e. The SMILES string of the molecule is COC(=O)C1C[C@@]2(CN1)C(=O)Nc1ccc(Cl)cc12. The fourth-order valence-electron chi connectivity index (χ4n) is 2.86. The fraction of sp³-hybridized carbons (Fsp3) is 0.385. The number of fused-ring (bicyclic) bond motifs is 2. The highest BCUT2D eigenvalue weighted by Crippen LogP contribution is 2.44. The minimum atomic E-state index is -0.723. The zero-order valence-electron chi connectivity index (χ0n) is 10.3. The number of ether oxygens (including phenoxy) is 1. The number of rotatable bonds is 1. The fourth-order valence-corrected chi connectivity index (χ4v) is 3.04. The van der Waals surface area contributed by atoms with Crippen LogP contribution in [0, 0.1) is 0 Å². The Hall–Kier alpha value is -1.59. The van der Waals surface area contributed by atoms with E-state index in [0.717, 1.165) is 11.3 Å². The van der Waals surface area contributed by atoms with Gasteiger partial charge in [-0.3, -0.25) is 9.59 Å². The summed E-state index contributed by atoms with van der Waals surface area (Å²) in [5.74, 6) is -0.441. The van der Waals surface area contributed by atoms with Gasteiger partial charge in [-0.25, -0.2) is 0 Å². The number of hydrogen-bond acceptors (Lipinski definition) is 4.